The van der Waals surface area contributed by atoms with Crippen molar-refractivity contribution in [1.29, 1.82) is 0 Å². The number of hydrogen-bond donors (Lipinski definition) is 2. The summed E-state index contributed by atoms with van der Waals surface area (Å²) < 4.78 is 22.4. The van der Waals surface area contributed by atoms with Gasteiger partial charge in [0.2, 0.25) is 0 Å². The average Bonchev–Trinajstić information content (AvgIpc) is 3.11. The van der Waals surface area contributed by atoms with Crippen LogP contribution in [0, 0.1) is 11.7 Å². The number of carbonyl (C=O) groups excluding carboxylic acids is 1. The maximum absolute atomic E-state index is 16.3. The van der Waals surface area contributed by atoms with E-state index in [0.29, 0.717) is 26.7 Å². The van der Waals surface area contributed by atoms with Crippen molar-refractivity contribution in [3.05, 3.63) is 104 Å². The minimum atomic E-state index is -1.82. The standard InChI is InChI=1S/C30H28Cl2FNO5/c1-29(38,18-4-3-5-18)20-14-23-27(24(33)15-20)30(39-2,19-8-12-22(32)13-9-19)34(28(23)37)25(16-26(35)36)17-6-10-21(31)11-7-17/h6-15,18,25,38H,3-5,16H2,1-2H3,(H,35,36)/t25?,29?,30-/m1/s1. The Morgan fingerprint density at radius 2 is 1.72 bits per heavy atom. The lowest BCUT2D eigenvalue weighted by Crippen LogP contribution is -2.49. The van der Waals surface area contributed by atoms with E-state index < -0.39 is 41.5 Å². The van der Waals surface area contributed by atoms with Gasteiger partial charge >= 0.3 is 5.97 Å². The minimum absolute atomic E-state index is 0.00532. The maximum Gasteiger partial charge on any atom is 0.305 e. The normalized spacial score (nSPS) is 21.3. The van der Waals surface area contributed by atoms with Gasteiger partial charge in [-0.05, 0) is 73.2 Å². The molecule has 3 aromatic rings. The number of carbonyl (C=O) groups is 2. The molecule has 1 saturated carbocycles. The molecule has 6 nitrogen and oxygen atoms in total. The highest BCUT2D eigenvalue weighted by Gasteiger charge is 2.57. The lowest BCUT2D eigenvalue weighted by atomic mass is 9.70. The fourth-order valence-electron chi connectivity index (χ4n) is 5.86. The third kappa shape index (κ3) is 4.51. The van der Waals surface area contributed by atoms with E-state index in [0.717, 1.165) is 19.3 Å². The van der Waals surface area contributed by atoms with Gasteiger partial charge in [-0.15, -0.1) is 0 Å². The van der Waals surface area contributed by atoms with E-state index in [9.17, 15) is 19.8 Å². The van der Waals surface area contributed by atoms with Crippen molar-refractivity contribution in [1.82, 2.24) is 4.90 Å². The van der Waals surface area contributed by atoms with Gasteiger partial charge in [0, 0.05) is 22.7 Å². The first kappa shape index (κ1) is 27.6. The van der Waals surface area contributed by atoms with Crippen LogP contribution < -0.4 is 0 Å². The van der Waals surface area contributed by atoms with E-state index in [1.54, 1.807) is 55.5 Å². The van der Waals surface area contributed by atoms with Crippen LogP contribution in [-0.2, 0) is 20.9 Å². The number of carboxylic acids is 1. The molecule has 0 saturated heterocycles. The van der Waals surface area contributed by atoms with E-state index in [1.807, 2.05) is 0 Å². The SMILES string of the molecule is CO[C@]1(c2ccc(Cl)cc2)c2c(F)cc(C(C)(O)C3CCC3)cc2C(=O)N1C(CC(=O)O)c1ccc(Cl)cc1. The molecule has 2 aliphatic rings. The number of ether oxygens (including phenoxy) is 1. The third-order valence-corrected chi connectivity index (χ3v) is 8.67. The molecule has 39 heavy (non-hydrogen) atoms. The molecule has 1 heterocycles. The highest BCUT2D eigenvalue weighted by atomic mass is 35.5. The number of rotatable bonds is 8. The second kappa shape index (κ2) is 10.2. The first-order valence-electron chi connectivity index (χ1n) is 12.7. The molecule has 2 N–H and O–H groups in total. The van der Waals surface area contributed by atoms with Crippen molar-refractivity contribution in [2.75, 3.05) is 7.11 Å². The Labute approximate surface area is 235 Å². The fourth-order valence-corrected chi connectivity index (χ4v) is 6.11. The molecule has 204 valence electrons. The first-order valence-corrected chi connectivity index (χ1v) is 13.4. The van der Waals surface area contributed by atoms with Crippen LogP contribution in [0.15, 0.2) is 60.7 Å². The van der Waals surface area contributed by atoms with Crippen LogP contribution in [0.5, 0.6) is 0 Å². The molecule has 9 heteroatoms. The quantitative estimate of drug-likeness (QED) is 0.315. The Balaban J connectivity index is 1.78. The van der Waals surface area contributed by atoms with Crippen LogP contribution in [0.25, 0.3) is 0 Å². The Morgan fingerprint density at radius 1 is 1.13 bits per heavy atom. The van der Waals surface area contributed by atoms with Gasteiger partial charge in [0.05, 0.1) is 29.2 Å². The molecule has 0 radical (unpaired) electrons. The zero-order valence-corrected chi connectivity index (χ0v) is 23.0. The number of benzene rings is 3. The number of halogens is 3. The zero-order chi connectivity index (χ0) is 28.1. The number of nitrogens with zero attached hydrogens (tertiary/aromatic N) is 1. The van der Waals surface area contributed by atoms with E-state index in [-0.39, 0.29) is 17.0 Å². The smallest absolute Gasteiger partial charge is 0.305 e. The largest absolute Gasteiger partial charge is 0.481 e. The molecular formula is C30H28Cl2FNO5. The number of fused-ring (bicyclic) bond motifs is 1. The van der Waals surface area contributed by atoms with Crippen molar-refractivity contribution >= 4 is 35.1 Å². The summed E-state index contributed by atoms with van der Waals surface area (Å²) in [5, 5.41) is 22.1. The molecule has 1 aliphatic carbocycles. The van der Waals surface area contributed by atoms with Gasteiger partial charge in [0.25, 0.3) is 5.91 Å². The van der Waals surface area contributed by atoms with E-state index in [2.05, 4.69) is 0 Å². The summed E-state index contributed by atoms with van der Waals surface area (Å²) in [7, 11) is 1.35. The van der Waals surface area contributed by atoms with Crippen molar-refractivity contribution in [3.63, 3.8) is 0 Å². The summed E-state index contributed by atoms with van der Waals surface area (Å²) in [6.07, 6.45) is 2.10. The van der Waals surface area contributed by atoms with E-state index in [4.69, 9.17) is 27.9 Å². The number of carboxylic acid groups (broad SMARTS) is 1. The number of aliphatic carboxylic acids is 1. The summed E-state index contributed by atoms with van der Waals surface area (Å²) in [6.45, 7) is 1.64. The molecule has 2 unspecified atom stereocenters. The average molecular weight is 572 g/mol. The van der Waals surface area contributed by atoms with Gasteiger partial charge < -0.3 is 14.9 Å². The number of hydrogen-bond acceptors (Lipinski definition) is 4. The maximum atomic E-state index is 16.3. The van der Waals surface area contributed by atoms with Gasteiger partial charge in [0.15, 0.2) is 5.72 Å². The molecule has 5 rings (SSSR count). The van der Waals surface area contributed by atoms with Crippen LogP contribution in [0.3, 0.4) is 0 Å². The van der Waals surface area contributed by atoms with Gasteiger partial charge in [-0.3, -0.25) is 14.5 Å². The highest BCUT2D eigenvalue weighted by molar-refractivity contribution is 6.30. The molecular weight excluding hydrogens is 544 g/mol. The summed E-state index contributed by atoms with van der Waals surface area (Å²) in [5.41, 5.74) is -2.03. The molecule has 0 aromatic heterocycles. The Bertz CT molecular complexity index is 1420. The fraction of sp³-hybridized carbons (Fsp3) is 0.333. The summed E-state index contributed by atoms with van der Waals surface area (Å²) >= 11 is 12.2. The molecule has 1 aliphatic heterocycles. The Morgan fingerprint density at radius 3 is 2.23 bits per heavy atom. The third-order valence-electron chi connectivity index (χ3n) is 8.17. The van der Waals surface area contributed by atoms with Crippen molar-refractivity contribution in [2.24, 2.45) is 5.92 Å². The number of methoxy groups -OCH3 is 1. The monoisotopic (exact) mass is 571 g/mol. The number of amides is 1. The van der Waals surface area contributed by atoms with Gasteiger partial charge in [-0.2, -0.15) is 0 Å². The summed E-state index contributed by atoms with van der Waals surface area (Å²) in [6, 6.07) is 14.6. The van der Waals surface area contributed by atoms with Crippen LogP contribution >= 0.6 is 23.2 Å². The lowest BCUT2D eigenvalue weighted by Gasteiger charge is -2.43. The van der Waals surface area contributed by atoms with Crippen molar-refractivity contribution < 1.29 is 28.9 Å². The second-order valence-corrected chi connectivity index (χ2v) is 11.2. The van der Waals surface area contributed by atoms with Crippen LogP contribution in [-0.4, -0.2) is 34.1 Å². The topological polar surface area (TPSA) is 87.1 Å². The second-order valence-electron chi connectivity index (χ2n) is 10.4. The van der Waals surface area contributed by atoms with Crippen LogP contribution in [0.4, 0.5) is 4.39 Å². The predicted molar refractivity (Wildman–Crippen MR) is 145 cm³/mol. The van der Waals surface area contributed by atoms with E-state index >= 15 is 4.39 Å². The molecule has 3 aromatic carbocycles. The summed E-state index contributed by atoms with van der Waals surface area (Å²) in [4.78, 5) is 27.7. The van der Waals surface area contributed by atoms with Crippen molar-refractivity contribution in [3.8, 4) is 0 Å². The molecule has 1 fully saturated rings. The number of aliphatic hydroxyl groups is 1. The molecule has 1 amide bonds. The Kier molecular flexibility index (Phi) is 7.22. The lowest BCUT2D eigenvalue weighted by molar-refractivity contribution is -0.142. The summed E-state index contributed by atoms with van der Waals surface area (Å²) in [5.74, 6) is -2.57. The molecule has 0 bridgehead atoms. The van der Waals surface area contributed by atoms with Gasteiger partial charge in [-0.25, -0.2) is 4.39 Å². The van der Waals surface area contributed by atoms with E-state index in [1.165, 1.54) is 24.1 Å². The van der Waals surface area contributed by atoms with Crippen LogP contribution in [0.1, 0.15) is 71.3 Å². The zero-order valence-electron chi connectivity index (χ0n) is 21.5. The molecule has 3 atom stereocenters. The molecule has 0 spiro atoms. The van der Waals surface area contributed by atoms with Gasteiger partial charge in [-0.1, -0.05) is 53.9 Å². The van der Waals surface area contributed by atoms with Crippen molar-refractivity contribution in [2.45, 2.75) is 50.0 Å². The van der Waals surface area contributed by atoms with Crippen LogP contribution in [0.2, 0.25) is 10.0 Å². The predicted octanol–water partition coefficient (Wildman–Crippen LogP) is 6.66. The highest BCUT2D eigenvalue weighted by Crippen LogP contribution is 2.52. The van der Waals surface area contributed by atoms with Gasteiger partial charge in [0.1, 0.15) is 5.82 Å². The minimum Gasteiger partial charge on any atom is -0.481 e. The Hall–Kier alpha value is -2.97. The first-order chi connectivity index (χ1) is 18.5.